The number of anilines is 1. The summed E-state index contributed by atoms with van der Waals surface area (Å²) in [7, 11) is 0. The zero-order valence-corrected chi connectivity index (χ0v) is 20.4. The Morgan fingerprint density at radius 1 is 0.972 bits per heavy atom. The van der Waals surface area contributed by atoms with Crippen molar-refractivity contribution in [3.8, 4) is 0 Å². The molecule has 0 radical (unpaired) electrons. The number of carboxylic acids is 1. The minimum Gasteiger partial charge on any atom is -0.481 e. The lowest BCUT2D eigenvalue weighted by atomic mass is 9.90. The topological polar surface area (TPSA) is 69.8 Å². The van der Waals surface area contributed by atoms with Crippen molar-refractivity contribution in [2.75, 3.05) is 25.4 Å². The molecule has 3 N–H and O–H groups in total. The largest absolute Gasteiger partial charge is 0.481 e. The molecule has 0 amide bonds. The van der Waals surface area contributed by atoms with Crippen molar-refractivity contribution in [1.82, 2.24) is 9.80 Å². The number of nitrogens with two attached hydrogens (primary N) is 1. The highest BCUT2D eigenvalue weighted by molar-refractivity contribution is 5.66. The number of aliphatic carboxylic acids is 1. The highest BCUT2D eigenvalue weighted by Crippen LogP contribution is 2.26. The molecule has 1 aliphatic heterocycles. The second-order valence-corrected chi connectivity index (χ2v) is 9.59. The van der Waals surface area contributed by atoms with Crippen molar-refractivity contribution in [3.05, 3.63) is 101 Å². The minimum absolute atomic E-state index is 0.128. The highest BCUT2D eigenvalue weighted by Gasteiger charge is 2.27. The minimum atomic E-state index is -0.793. The summed E-state index contributed by atoms with van der Waals surface area (Å²) in [6, 6.07) is 19.5. The fourth-order valence-corrected chi connectivity index (χ4v) is 4.97. The van der Waals surface area contributed by atoms with Crippen LogP contribution in [0.1, 0.15) is 35.1 Å². The molecule has 7 heteroatoms. The molecule has 5 nitrogen and oxygen atoms in total. The van der Waals surface area contributed by atoms with Crippen LogP contribution in [0.3, 0.4) is 0 Å². The SMILES string of the molecule is Nc1cccc(CN(CCCC(=O)O)CCN2Cc3ccc(F)cc3CC2Cc2ccc(F)cc2)c1. The van der Waals surface area contributed by atoms with Gasteiger partial charge in [0.1, 0.15) is 11.6 Å². The summed E-state index contributed by atoms with van der Waals surface area (Å²) in [4.78, 5) is 15.8. The Morgan fingerprint density at radius 2 is 1.75 bits per heavy atom. The van der Waals surface area contributed by atoms with E-state index in [0.29, 0.717) is 31.7 Å². The van der Waals surface area contributed by atoms with Crippen molar-refractivity contribution in [2.24, 2.45) is 0 Å². The molecule has 1 unspecified atom stereocenters. The number of hydrogen-bond donors (Lipinski definition) is 2. The number of benzene rings is 3. The lowest BCUT2D eigenvalue weighted by molar-refractivity contribution is -0.137. The van der Waals surface area contributed by atoms with E-state index in [4.69, 9.17) is 10.8 Å². The van der Waals surface area contributed by atoms with Crippen molar-refractivity contribution in [3.63, 3.8) is 0 Å². The second kappa shape index (κ2) is 12.1. The average molecular weight is 494 g/mol. The zero-order valence-electron chi connectivity index (χ0n) is 20.4. The Hall–Kier alpha value is -3.29. The molecule has 36 heavy (non-hydrogen) atoms. The molecule has 3 aromatic carbocycles. The smallest absolute Gasteiger partial charge is 0.303 e. The van der Waals surface area contributed by atoms with Gasteiger partial charge in [-0.25, -0.2) is 8.78 Å². The molecule has 1 atom stereocenters. The predicted octanol–water partition coefficient (Wildman–Crippen LogP) is 4.88. The third-order valence-electron chi connectivity index (χ3n) is 6.82. The maximum atomic E-state index is 13.9. The van der Waals surface area contributed by atoms with Gasteiger partial charge in [0.2, 0.25) is 0 Å². The van der Waals surface area contributed by atoms with Crippen LogP contribution in [0.5, 0.6) is 0 Å². The molecule has 190 valence electrons. The van der Waals surface area contributed by atoms with Gasteiger partial charge in [0, 0.05) is 44.3 Å². The van der Waals surface area contributed by atoms with Crippen LogP contribution in [-0.2, 0) is 30.7 Å². The first-order valence-corrected chi connectivity index (χ1v) is 12.4. The highest BCUT2D eigenvalue weighted by atomic mass is 19.1. The van der Waals surface area contributed by atoms with Crippen LogP contribution in [0, 0.1) is 11.6 Å². The van der Waals surface area contributed by atoms with Gasteiger partial charge in [0.05, 0.1) is 0 Å². The first-order chi connectivity index (χ1) is 17.4. The summed E-state index contributed by atoms with van der Waals surface area (Å²) in [5, 5.41) is 9.10. The van der Waals surface area contributed by atoms with Crippen LogP contribution in [0.2, 0.25) is 0 Å². The third kappa shape index (κ3) is 7.35. The summed E-state index contributed by atoms with van der Waals surface area (Å²) in [5.74, 6) is -1.28. The van der Waals surface area contributed by atoms with Crippen LogP contribution in [0.25, 0.3) is 0 Å². The summed E-state index contributed by atoms with van der Waals surface area (Å²) < 4.78 is 27.4. The van der Waals surface area contributed by atoms with Crippen LogP contribution >= 0.6 is 0 Å². The predicted molar refractivity (Wildman–Crippen MR) is 137 cm³/mol. The lowest BCUT2D eigenvalue weighted by Gasteiger charge is -2.38. The number of carbonyl (C=O) groups is 1. The summed E-state index contributed by atoms with van der Waals surface area (Å²) in [6.07, 6.45) is 2.16. The molecular formula is C29H33F2N3O2. The number of halogens is 2. The quantitative estimate of drug-likeness (QED) is 0.373. The fraction of sp³-hybridized carbons (Fsp3) is 0.345. The third-order valence-corrected chi connectivity index (χ3v) is 6.82. The van der Waals surface area contributed by atoms with Gasteiger partial charge in [0.15, 0.2) is 0 Å². The van der Waals surface area contributed by atoms with Crippen molar-refractivity contribution < 1.29 is 18.7 Å². The van der Waals surface area contributed by atoms with Gasteiger partial charge in [0.25, 0.3) is 0 Å². The molecule has 0 aromatic heterocycles. The van der Waals surface area contributed by atoms with Gasteiger partial charge in [-0.1, -0.05) is 30.3 Å². The Balaban J connectivity index is 1.49. The molecule has 0 bridgehead atoms. The lowest BCUT2D eigenvalue weighted by Crippen LogP contribution is -2.45. The van der Waals surface area contributed by atoms with E-state index >= 15 is 0 Å². The molecule has 4 rings (SSSR count). The fourth-order valence-electron chi connectivity index (χ4n) is 4.97. The van der Waals surface area contributed by atoms with Gasteiger partial charge in [-0.15, -0.1) is 0 Å². The monoisotopic (exact) mass is 493 g/mol. The average Bonchev–Trinajstić information content (AvgIpc) is 2.83. The van der Waals surface area contributed by atoms with Gasteiger partial charge < -0.3 is 10.8 Å². The Morgan fingerprint density at radius 3 is 2.50 bits per heavy atom. The molecular weight excluding hydrogens is 460 g/mol. The first kappa shape index (κ1) is 25.8. The number of fused-ring (bicyclic) bond motifs is 1. The van der Waals surface area contributed by atoms with Crippen LogP contribution in [0.4, 0.5) is 14.5 Å². The first-order valence-electron chi connectivity index (χ1n) is 12.4. The normalized spacial score (nSPS) is 15.7. The number of nitrogens with zero attached hydrogens (tertiary/aromatic N) is 2. The Kier molecular flexibility index (Phi) is 8.67. The van der Waals surface area contributed by atoms with Crippen LogP contribution in [0.15, 0.2) is 66.7 Å². The van der Waals surface area contributed by atoms with Gasteiger partial charge in [-0.2, -0.15) is 0 Å². The standard InChI is InChI=1S/C29H33F2N3O2/c30-25-9-6-21(7-10-25)16-28-18-24-17-26(31)11-8-23(24)20-34(28)14-13-33(12-2-5-29(35)36)19-22-3-1-4-27(32)15-22/h1,3-4,6-11,15,17,28H,2,5,12-14,16,18-20,32H2,(H,35,36). The van der Waals surface area contributed by atoms with E-state index in [2.05, 4.69) is 9.80 Å². The van der Waals surface area contributed by atoms with Crippen molar-refractivity contribution in [2.45, 2.75) is 44.8 Å². The number of carboxylic acid groups (broad SMARTS) is 1. The maximum Gasteiger partial charge on any atom is 0.303 e. The van der Waals surface area contributed by atoms with Gasteiger partial charge in [-0.05, 0) is 84.5 Å². The van der Waals surface area contributed by atoms with E-state index in [1.165, 1.54) is 18.2 Å². The van der Waals surface area contributed by atoms with E-state index in [-0.39, 0.29) is 24.1 Å². The molecule has 3 aromatic rings. The Bertz CT molecular complexity index is 1170. The number of nitrogen functional groups attached to an aromatic ring is 1. The molecule has 0 saturated heterocycles. The maximum absolute atomic E-state index is 13.9. The van der Waals surface area contributed by atoms with E-state index in [1.807, 2.05) is 42.5 Å². The summed E-state index contributed by atoms with van der Waals surface area (Å²) in [5.41, 5.74) is 11.0. The molecule has 0 aliphatic carbocycles. The zero-order chi connectivity index (χ0) is 25.5. The number of hydrogen-bond acceptors (Lipinski definition) is 4. The second-order valence-electron chi connectivity index (χ2n) is 9.59. The molecule has 1 heterocycles. The summed E-state index contributed by atoms with van der Waals surface area (Å²) >= 11 is 0. The molecule has 0 spiro atoms. The summed E-state index contributed by atoms with van der Waals surface area (Å²) in [6.45, 7) is 3.59. The van der Waals surface area contributed by atoms with E-state index in [1.54, 1.807) is 6.07 Å². The van der Waals surface area contributed by atoms with Crippen LogP contribution in [-0.4, -0.2) is 46.6 Å². The van der Waals surface area contributed by atoms with Gasteiger partial charge >= 0.3 is 5.97 Å². The number of rotatable bonds is 11. The van der Waals surface area contributed by atoms with E-state index in [0.717, 1.165) is 48.2 Å². The molecule has 0 fully saturated rings. The van der Waals surface area contributed by atoms with Crippen LogP contribution < -0.4 is 5.73 Å². The molecule has 0 saturated carbocycles. The van der Waals surface area contributed by atoms with E-state index < -0.39 is 5.97 Å². The van der Waals surface area contributed by atoms with E-state index in [9.17, 15) is 13.6 Å². The Labute approximate surface area is 211 Å². The van der Waals surface area contributed by atoms with Gasteiger partial charge in [-0.3, -0.25) is 14.6 Å². The van der Waals surface area contributed by atoms with Crippen molar-refractivity contribution >= 4 is 11.7 Å². The molecule has 1 aliphatic rings. The van der Waals surface area contributed by atoms with Crippen molar-refractivity contribution in [1.29, 1.82) is 0 Å².